The van der Waals surface area contributed by atoms with Crippen molar-refractivity contribution < 1.29 is 36.3 Å². The van der Waals surface area contributed by atoms with Crippen LogP contribution in [-0.2, 0) is 21.0 Å². The average molecular weight is 514 g/mol. The van der Waals surface area contributed by atoms with Gasteiger partial charge < -0.3 is 15.3 Å². The molecule has 0 radical (unpaired) electrons. The number of aliphatic hydroxyl groups excluding tert-OH is 1. The number of hydrogen-bond donors (Lipinski definition) is 2. The minimum atomic E-state index is -4.51. The van der Waals surface area contributed by atoms with Crippen molar-refractivity contribution in [2.24, 2.45) is 0 Å². The molecular formula is C23H26F3N3O5S. The molecule has 0 spiro atoms. The fourth-order valence-electron chi connectivity index (χ4n) is 3.86. The van der Waals surface area contributed by atoms with Crippen LogP contribution in [-0.4, -0.2) is 67.8 Å². The highest BCUT2D eigenvalue weighted by Crippen LogP contribution is 2.30. The minimum Gasteiger partial charge on any atom is -0.394 e. The van der Waals surface area contributed by atoms with Crippen LogP contribution in [0.1, 0.15) is 40.4 Å². The van der Waals surface area contributed by atoms with Gasteiger partial charge >= 0.3 is 6.18 Å². The molecule has 0 aliphatic carbocycles. The van der Waals surface area contributed by atoms with Crippen molar-refractivity contribution in [2.75, 3.05) is 27.2 Å². The zero-order valence-corrected chi connectivity index (χ0v) is 19.9. The van der Waals surface area contributed by atoms with E-state index in [0.717, 1.165) is 16.4 Å². The molecule has 2 aromatic rings. The molecule has 1 fully saturated rings. The molecular weight excluding hydrogens is 487 g/mol. The van der Waals surface area contributed by atoms with E-state index in [2.05, 4.69) is 5.32 Å². The molecule has 0 aromatic heterocycles. The Morgan fingerprint density at radius 2 is 1.83 bits per heavy atom. The second-order valence-electron chi connectivity index (χ2n) is 8.34. The molecule has 1 saturated heterocycles. The summed E-state index contributed by atoms with van der Waals surface area (Å²) in [5.41, 5.74) is -0.462. The van der Waals surface area contributed by atoms with Crippen LogP contribution < -0.4 is 5.32 Å². The Kier molecular flexibility index (Phi) is 7.87. The van der Waals surface area contributed by atoms with Gasteiger partial charge in [0.25, 0.3) is 5.91 Å². The number of sulfonamides is 1. The third-order valence-electron chi connectivity index (χ3n) is 5.82. The second-order valence-corrected chi connectivity index (χ2v) is 10.5. The molecule has 2 aromatic carbocycles. The number of alkyl halides is 3. The lowest BCUT2D eigenvalue weighted by atomic mass is 10.0. The lowest BCUT2D eigenvalue weighted by molar-refractivity contribution is -0.137. The molecule has 1 aliphatic rings. The number of aliphatic hydroxyl groups is 1. The maximum Gasteiger partial charge on any atom is 0.416 e. The number of likely N-dealkylation sites (tertiary alicyclic amines) is 1. The predicted octanol–water partition coefficient (Wildman–Crippen LogP) is 2.41. The van der Waals surface area contributed by atoms with Crippen molar-refractivity contribution in [1.29, 1.82) is 0 Å². The van der Waals surface area contributed by atoms with Crippen LogP contribution in [0.15, 0.2) is 53.4 Å². The molecule has 3 rings (SSSR count). The van der Waals surface area contributed by atoms with Crippen molar-refractivity contribution in [1.82, 2.24) is 14.5 Å². The number of carbonyl (C=O) groups is 2. The molecule has 0 bridgehead atoms. The highest BCUT2D eigenvalue weighted by atomic mass is 32.2. The Balaban J connectivity index is 1.77. The number of hydrogen-bond acceptors (Lipinski definition) is 5. The molecule has 12 heteroatoms. The minimum absolute atomic E-state index is 0.0591. The van der Waals surface area contributed by atoms with Crippen LogP contribution in [0.3, 0.4) is 0 Å². The maximum atomic E-state index is 13.1. The largest absolute Gasteiger partial charge is 0.416 e. The van der Waals surface area contributed by atoms with Gasteiger partial charge in [-0.15, -0.1) is 0 Å². The third-order valence-corrected chi connectivity index (χ3v) is 7.63. The van der Waals surface area contributed by atoms with Crippen molar-refractivity contribution in [2.45, 2.75) is 36.0 Å². The first-order valence-electron chi connectivity index (χ1n) is 10.8. The number of halogens is 3. The Hall–Kier alpha value is -2.96. The molecule has 35 heavy (non-hydrogen) atoms. The van der Waals surface area contributed by atoms with E-state index in [1.165, 1.54) is 55.4 Å². The fraction of sp³-hybridized carbons (Fsp3) is 0.391. The van der Waals surface area contributed by atoms with E-state index >= 15 is 0 Å². The first kappa shape index (κ1) is 26.6. The molecule has 190 valence electrons. The van der Waals surface area contributed by atoms with Gasteiger partial charge in [-0.2, -0.15) is 13.2 Å². The summed E-state index contributed by atoms with van der Waals surface area (Å²) in [6.07, 6.45) is -3.63. The smallest absolute Gasteiger partial charge is 0.394 e. The first-order valence-corrected chi connectivity index (χ1v) is 12.2. The van der Waals surface area contributed by atoms with Crippen molar-refractivity contribution in [3.8, 4) is 0 Å². The lowest BCUT2D eigenvalue weighted by Crippen LogP contribution is -2.47. The van der Waals surface area contributed by atoms with Crippen molar-refractivity contribution in [3.63, 3.8) is 0 Å². The van der Waals surface area contributed by atoms with Gasteiger partial charge in [-0.1, -0.05) is 18.2 Å². The Bertz CT molecular complexity index is 1180. The molecule has 1 aliphatic heterocycles. The molecule has 2 N–H and O–H groups in total. The van der Waals surface area contributed by atoms with Gasteiger partial charge in [0, 0.05) is 26.2 Å². The third kappa shape index (κ3) is 5.82. The normalized spacial score (nSPS) is 17.5. The van der Waals surface area contributed by atoms with Crippen LogP contribution in [0, 0.1) is 0 Å². The monoisotopic (exact) mass is 513 g/mol. The van der Waals surface area contributed by atoms with Gasteiger partial charge in [-0.05, 0) is 48.7 Å². The summed E-state index contributed by atoms with van der Waals surface area (Å²) in [4.78, 5) is 27.4. The highest BCUT2D eigenvalue weighted by Gasteiger charge is 2.36. The van der Waals surface area contributed by atoms with Crippen LogP contribution in [0.2, 0.25) is 0 Å². The molecule has 2 amide bonds. The molecule has 0 saturated carbocycles. The topological polar surface area (TPSA) is 107 Å². The van der Waals surface area contributed by atoms with Gasteiger partial charge in [0.2, 0.25) is 15.9 Å². The van der Waals surface area contributed by atoms with E-state index in [0.29, 0.717) is 12.8 Å². The zero-order chi connectivity index (χ0) is 26.0. The van der Waals surface area contributed by atoms with Gasteiger partial charge in [0.05, 0.1) is 23.1 Å². The summed E-state index contributed by atoms with van der Waals surface area (Å²) in [5.74, 6) is -1.08. The Labute approximate surface area is 201 Å². The number of amides is 2. The van der Waals surface area contributed by atoms with E-state index < -0.39 is 52.3 Å². The van der Waals surface area contributed by atoms with Crippen LogP contribution in [0.5, 0.6) is 0 Å². The Morgan fingerprint density at radius 1 is 1.17 bits per heavy atom. The summed E-state index contributed by atoms with van der Waals surface area (Å²) in [6.45, 7) is -0.284. The molecule has 1 heterocycles. The van der Waals surface area contributed by atoms with E-state index in [1.807, 2.05) is 0 Å². The average Bonchev–Trinajstić information content (AvgIpc) is 3.31. The number of nitrogens with zero attached hydrogens (tertiary/aromatic N) is 2. The van der Waals surface area contributed by atoms with Crippen LogP contribution in [0.4, 0.5) is 13.2 Å². The first-order chi connectivity index (χ1) is 16.4. The zero-order valence-electron chi connectivity index (χ0n) is 19.1. The number of nitrogens with one attached hydrogen (secondary N) is 1. The van der Waals surface area contributed by atoms with Crippen LogP contribution >= 0.6 is 0 Å². The number of rotatable bonds is 7. The van der Waals surface area contributed by atoms with Crippen molar-refractivity contribution >= 4 is 21.8 Å². The van der Waals surface area contributed by atoms with E-state index in [1.54, 1.807) is 0 Å². The number of carbonyl (C=O) groups excluding carboxylic acids is 2. The lowest BCUT2D eigenvalue weighted by Gasteiger charge is -2.26. The Morgan fingerprint density at radius 3 is 2.40 bits per heavy atom. The van der Waals surface area contributed by atoms with Gasteiger partial charge in [-0.25, -0.2) is 12.7 Å². The summed E-state index contributed by atoms with van der Waals surface area (Å²) < 4.78 is 64.3. The van der Waals surface area contributed by atoms with Crippen molar-refractivity contribution in [3.05, 3.63) is 65.2 Å². The SMILES string of the molecule is CN(C)S(=O)(=O)c1cccc(C(=O)N2CCC[C@@H]2C(=O)NC(CO)c2ccc(C(F)(F)F)cc2)c1. The summed E-state index contributed by atoms with van der Waals surface area (Å²) >= 11 is 0. The van der Waals surface area contributed by atoms with Gasteiger partial charge in [-0.3, -0.25) is 9.59 Å². The second kappa shape index (κ2) is 10.3. The van der Waals surface area contributed by atoms with Crippen LogP contribution in [0.25, 0.3) is 0 Å². The molecule has 1 unspecified atom stereocenters. The summed E-state index contributed by atoms with van der Waals surface area (Å²) in [5, 5.41) is 12.3. The molecule has 2 atom stereocenters. The van der Waals surface area contributed by atoms with Gasteiger partial charge in [0.15, 0.2) is 0 Å². The van der Waals surface area contributed by atoms with Gasteiger partial charge in [0.1, 0.15) is 6.04 Å². The predicted molar refractivity (Wildman–Crippen MR) is 121 cm³/mol. The van der Waals surface area contributed by atoms with E-state index in [-0.39, 0.29) is 22.6 Å². The van der Waals surface area contributed by atoms with E-state index in [9.17, 15) is 36.3 Å². The fourth-order valence-corrected chi connectivity index (χ4v) is 4.80. The quantitative estimate of drug-likeness (QED) is 0.592. The standard InChI is InChI=1S/C23H26F3N3O5S/c1-28(2)35(33,34)18-6-3-5-16(13-18)22(32)29-12-4-7-20(29)21(31)27-19(14-30)15-8-10-17(11-9-15)23(24,25)26/h3,5-6,8-11,13,19-20,30H,4,7,12,14H2,1-2H3,(H,27,31)/t19?,20-/m1/s1. The summed E-state index contributed by atoms with van der Waals surface area (Å²) in [7, 11) is -1.02. The maximum absolute atomic E-state index is 13.1. The highest BCUT2D eigenvalue weighted by molar-refractivity contribution is 7.89. The number of benzene rings is 2. The summed E-state index contributed by atoms with van der Waals surface area (Å²) in [6, 6.07) is 7.78. The van der Waals surface area contributed by atoms with E-state index in [4.69, 9.17) is 0 Å². The molecule has 8 nitrogen and oxygen atoms in total.